The molecule has 0 saturated carbocycles. The molecule has 2 atom stereocenters. The molecule has 4 aromatic rings. The zero-order valence-corrected chi connectivity index (χ0v) is 25.3. The van der Waals surface area contributed by atoms with Crippen LogP contribution in [0.5, 0.6) is 11.5 Å². The van der Waals surface area contributed by atoms with Crippen molar-refractivity contribution in [2.24, 2.45) is 0 Å². The van der Waals surface area contributed by atoms with E-state index in [1.165, 1.54) is 12.1 Å². The molecule has 12 heteroatoms. The molecule has 2 unspecified atom stereocenters. The SMILES string of the molecule is C=CC(=O)N1CC(C)N2c3nc(=O)n(-c4c(C)ccnc4C(C)C)c4c(F)c(-c5c(O)cccc5F)c(F)c(c34)OCCC2C1. The number of carbonyl (C=O) groups is 1. The maximum atomic E-state index is 17.2. The van der Waals surface area contributed by atoms with Crippen molar-refractivity contribution in [3.63, 3.8) is 0 Å². The largest absolute Gasteiger partial charge is 0.507 e. The highest BCUT2D eigenvalue weighted by molar-refractivity contribution is 6.01. The van der Waals surface area contributed by atoms with Crippen LogP contribution in [0.25, 0.3) is 27.7 Å². The number of fused-ring (bicyclic) bond motifs is 2. The van der Waals surface area contributed by atoms with Crippen LogP contribution < -0.4 is 15.3 Å². The maximum absolute atomic E-state index is 17.2. The molecule has 1 fully saturated rings. The van der Waals surface area contributed by atoms with Crippen molar-refractivity contribution < 1.29 is 27.8 Å². The summed E-state index contributed by atoms with van der Waals surface area (Å²) in [6.07, 6.45) is 3.10. The summed E-state index contributed by atoms with van der Waals surface area (Å²) >= 11 is 0. The third-order valence-electron chi connectivity index (χ3n) is 8.53. The number of hydrogen-bond donors (Lipinski definition) is 1. The van der Waals surface area contributed by atoms with E-state index in [1.54, 1.807) is 24.1 Å². The first-order valence-electron chi connectivity index (χ1n) is 14.7. The van der Waals surface area contributed by atoms with Gasteiger partial charge in [0.15, 0.2) is 17.4 Å². The Morgan fingerprint density at radius 3 is 2.60 bits per heavy atom. The Morgan fingerprint density at radius 2 is 1.91 bits per heavy atom. The number of halogens is 3. The van der Waals surface area contributed by atoms with Crippen LogP contribution in [-0.4, -0.2) is 62.2 Å². The zero-order chi connectivity index (χ0) is 32.3. The number of phenolic OH excluding ortho intramolecular Hbond substituents is 1. The van der Waals surface area contributed by atoms with E-state index in [-0.39, 0.29) is 48.4 Å². The smallest absolute Gasteiger partial charge is 0.354 e. The van der Waals surface area contributed by atoms with E-state index < -0.39 is 63.4 Å². The van der Waals surface area contributed by atoms with E-state index in [0.717, 1.165) is 16.7 Å². The van der Waals surface area contributed by atoms with Crippen LogP contribution in [0.2, 0.25) is 0 Å². The van der Waals surface area contributed by atoms with Gasteiger partial charge in [-0.1, -0.05) is 26.5 Å². The van der Waals surface area contributed by atoms with Gasteiger partial charge in [0, 0.05) is 31.7 Å². The average Bonchev–Trinajstić information content (AvgIpc) is 2.98. The lowest BCUT2D eigenvalue weighted by Crippen LogP contribution is -2.60. The summed E-state index contributed by atoms with van der Waals surface area (Å²) in [6.45, 7) is 11.3. The highest BCUT2D eigenvalue weighted by atomic mass is 19.1. The summed E-state index contributed by atoms with van der Waals surface area (Å²) in [5.41, 5.74) is -1.56. The minimum absolute atomic E-state index is 0.0149. The summed E-state index contributed by atoms with van der Waals surface area (Å²) in [5, 5.41) is 10.5. The normalized spacial score (nSPS) is 18.0. The van der Waals surface area contributed by atoms with E-state index in [2.05, 4.69) is 16.5 Å². The van der Waals surface area contributed by atoms with Gasteiger partial charge in [-0.25, -0.2) is 18.0 Å². The molecule has 1 amide bonds. The molecule has 234 valence electrons. The van der Waals surface area contributed by atoms with E-state index >= 15 is 13.2 Å². The predicted molar refractivity (Wildman–Crippen MR) is 164 cm³/mol. The zero-order valence-electron chi connectivity index (χ0n) is 25.3. The molecule has 1 N–H and O–H groups in total. The lowest BCUT2D eigenvalue weighted by molar-refractivity contribution is -0.127. The highest BCUT2D eigenvalue weighted by Gasteiger charge is 2.40. The fraction of sp³-hybridized carbons (Fsp3) is 0.333. The number of ether oxygens (including phenoxy) is 1. The maximum Gasteiger partial charge on any atom is 0.354 e. The van der Waals surface area contributed by atoms with Gasteiger partial charge < -0.3 is 19.6 Å². The van der Waals surface area contributed by atoms with Crippen LogP contribution in [0.3, 0.4) is 0 Å². The third-order valence-corrected chi connectivity index (χ3v) is 8.53. The fourth-order valence-corrected chi connectivity index (χ4v) is 6.56. The van der Waals surface area contributed by atoms with Crippen LogP contribution >= 0.6 is 0 Å². The Labute approximate surface area is 257 Å². The Balaban J connectivity index is 1.79. The van der Waals surface area contributed by atoms with Crippen LogP contribution in [0.1, 0.15) is 44.4 Å². The molecule has 2 aromatic heterocycles. The monoisotopic (exact) mass is 619 g/mol. The summed E-state index contributed by atoms with van der Waals surface area (Å²) in [7, 11) is 0. The molecule has 2 aromatic carbocycles. The van der Waals surface area contributed by atoms with Crippen molar-refractivity contribution >= 4 is 22.6 Å². The molecule has 0 spiro atoms. The number of carbonyl (C=O) groups excluding carboxylic acids is 1. The van der Waals surface area contributed by atoms with Gasteiger partial charge in [0.2, 0.25) is 5.91 Å². The highest BCUT2D eigenvalue weighted by Crippen LogP contribution is 2.47. The molecule has 0 bridgehead atoms. The lowest BCUT2D eigenvalue weighted by atomic mass is 9.96. The molecule has 6 rings (SSSR count). The molecule has 4 heterocycles. The molecule has 1 saturated heterocycles. The Bertz CT molecular complexity index is 1920. The molecule has 2 aliphatic rings. The molecular formula is C33H32F3N5O4. The van der Waals surface area contributed by atoms with Gasteiger partial charge in [0.05, 0.1) is 40.5 Å². The number of aromatic hydroxyl groups is 1. The second kappa shape index (κ2) is 11.2. The number of rotatable bonds is 4. The van der Waals surface area contributed by atoms with Crippen molar-refractivity contribution in [3.05, 3.63) is 82.3 Å². The number of phenols is 1. The molecule has 45 heavy (non-hydrogen) atoms. The Kier molecular flexibility index (Phi) is 7.54. The van der Waals surface area contributed by atoms with Crippen LogP contribution in [0, 0.1) is 24.4 Å². The minimum Gasteiger partial charge on any atom is -0.507 e. The minimum atomic E-state index is -1.28. The number of anilines is 1. The predicted octanol–water partition coefficient (Wildman–Crippen LogP) is 5.38. The molecule has 2 aliphatic heterocycles. The van der Waals surface area contributed by atoms with Gasteiger partial charge in [-0.3, -0.25) is 14.3 Å². The van der Waals surface area contributed by atoms with Crippen molar-refractivity contribution in [1.82, 2.24) is 19.4 Å². The average molecular weight is 620 g/mol. The molecular weight excluding hydrogens is 587 g/mol. The van der Waals surface area contributed by atoms with Gasteiger partial charge in [-0.15, -0.1) is 0 Å². The summed E-state index contributed by atoms with van der Waals surface area (Å²) in [4.78, 5) is 39.1. The number of nitrogens with zero attached hydrogens (tertiary/aromatic N) is 5. The van der Waals surface area contributed by atoms with Crippen molar-refractivity contribution in [2.45, 2.75) is 52.1 Å². The van der Waals surface area contributed by atoms with Crippen molar-refractivity contribution in [1.29, 1.82) is 0 Å². The van der Waals surface area contributed by atoms with Gasteiger partial charge in [0.1, 0.15) is 22.9 Å². The quantitative estimate of drug-likeness (QED) is 0.307. The van der Waals surface area contributed by atoms with E-state index in [4.69, 9.17) is 4.74 Å². The number of aromatic nitrogens is 3. The lowest BCUT2D eigenvalue weighted by Gasteiger charge is -2.47. The summed E-state index contributed by atoms with van der Waals surface area (Å²) in [5.74, 6) is -5.20. The van der Waals surface area contributed by atoms with Gasteiger partial charge >= 0.3 is 5.69 Å². The first-order chi connectivity index (χ1) is 21.5. The van der Waals surface area contributed by atoms with Crippen LogP contribution in [-0.2, 0) is 4.79 Å². The number of pyridine rings is 1. The third kappa shape index (κ3) is 4.70. The second-order valence-corrected chi connectivity index (χ2v) is 11.8. The topological polar surface area (TPSA) is 101 Å². The molecule has 9 nitrogen and oxygen atoms in total. The number of piperazine rings is 1. The Morgan fingerprint density at radius 1 is 1.16 bits per heavy atom. The Hall–Kier alpha value is -4.87. The van der Waals surface area contributed by atoms with Crippen LogP contribution in [0.4, 0.5) is 19.0 Å². The molecule has 0 aliphatic carbocycles. The first kappa shape index (κ1) is 30.2. The van der Waals surface area contributed by atoms with E-state index in [0.29, 0.717) is 17.7 Å². The fourth-order valence-electron chi connectivity index (χ4n) is 6.56. The summed E-state index contributed by atoms with van der Waals surface area (Å²) in [6, 6.07) is 4.14. The number of aryl methyl sites for hydroxylation is 1. The van der Waals surface area contributed by atoms with Crippen molar-refractivity contribution in [3.8, 4) is 28.3 Å². The van der Waals surface area contributed by atoms with Crippen LogP contribution in [0.15, 0.2) is 47.9 Å². The van der Waals surface area contributed by atoms with E-state index in [1.807, 2.05) is 25.7 Å². The first-order valence-corrected chi connectivity index (χ1v) is 14.7. The van der Waals surface area contributed by atoms with E-state index in [9.17, 15) is 14.7 Å². The number of hydrogen-bond acceptors (Lipinski definition) is 7. The molecule has 0 radical (unpaired) electrons. The second-order valence-electron chi connectivity index (χ2n) is 11.8. The standard InChI is InChI=1S/C33H32F3N5O4/c1-6-22(43)39-14-18(5)40-19(15-39)11-13-45-31-25-30(26(35)24(27(31)36)23-20(34)8-7-9-21(23)42)41(33(44)38-32(25)40)29-17(4)10-12-37-28(29)16(2)3/h6-10,12,16,18-19,42H,1,11,13-15H2,2-5H3. The van der Waals surface area contributed by atoms with Gasteiger partial charge in [-0.2, -0.15) is 4.98 Å². The summed E-state index contributed by atoms with van der Waals surface area (Å²) < 4.78 is 56.1. The van der Waals surface area contributed by atoms with Gasteiger partial charge in [0.25, 0.3) is 0 Å². The van der Waals surface area contributed by atoms with Crippen molar-refractivity contribution in [2.75, 3.05) is 24.6 Å². The van der Waals surface area contributed by atoms with Gasteiger partial charge in [-0.05, 0) is 49.6 Å². The number of benzene rings is 2. The number of amides is 1.